The third-order valence-corrected chi connectivity index (χ3v) is 2.82. The van der Waals surface area contributed by atoms with Gasteiger partial charge in [0.1, 0.15) is 0 Å². The molecule has 5 heteroatoms. The smallest absolute Gasteiger partial charge is 0.338 e. The number of hydrogen-bond acceptors (Lipinski definition) is 4. The summed E-state index contributed by atoms with van der Waals surface area (Å²) in [7, 11) is 0. The van der Waals surface area contributed by atoms with Crippen LogP contribution in [0.3, 0.4) is 0 Å². The zero-order chi connectivity index (χ0) is 14.4. The summed E-state index contributed by atoms with van der Waals surface area (Å²) in [5.41, 5.74) is 8.19. The van der Waals surface area contributed by atoms with Gasteiger partial charge in [-0.15, -0.1) is 0 Å². The van der Waals surface area contributed by atoms with Gasteiger partial charge < -0.3 is 15.6 Å². The van der Waals surface area contributed by atoms with Crippen LogP contribution in [0.4, 0.5) is 11.4 Å². The first-order chi connectivity index (χ1) is 9.69. The molecule has 104 valence electrons. The Bertz CT molecular complexity index is 585. The first kappa shape index (κ1) is 14.2. The van der Waals surface area contributed by atoms with Crippen molar-refractivity contribution in [2.75, 3.05) is 17.5 Å². The molecule has 0 saturated heterocycles. The molecule has 2 aromatic rings. The molecule has 2 N–H and O–H groups in total. The quantitative estimate of drug-likeness (QED) is 0.646. The second-order valence-corrected chi connectivity index (χ2v) is 4.49. The van der Waals surface area contributed by atoms with Crippen molar-refractivity contribution >= 4 is 28.9 Å². The lowest BCUT2D eigenvalue weighted by molar-refractivity contribution is 0.0526. The molecule has 0 aliphatic heterocycles. The van der Waals surface area contributed by atoms with Crippen molar-refractivity contribution in [1.82, 2.24) is 0 Å². The second kappa shape index (κ2) is 6.82. The Morgan fingerprint density at radius 3 is 2.50 bits per heavy atom. The highest BCUT2D eigenvalue weighted by Crippen LogP contribution is 2.15. The first-order valence-electron chi connectivity index (χ1n) is 6.24. The summed E-state index contributed by atoms with van der Waals surface area (Å²) in [6.07, 6.45) is 0. The van der Waals surface area contributed by atoms with E-state index in [0.717, 1.165) is 11.4 Å². The summed E-state index contributed by atoms with van der Waals surface area (Å²) in [4.78, 5) is 11.6. The summed E-state index contributed by atoms with van der Waals surface area (Å²) in [6.45, 7) is 2.14. The van der Waals surface area contributed by atoms with Crippen LogP contribution in [0.1, 0.15) is 17.3 Å². The maximum Gasteiger partial charge on any atom is 0.338 e. The molecule has 0 aromatic heterocycles. The van der Waals surface area contributed by atoms with Crippen molar-refractivity contribution in [3.63, 3.8) is 0 Å². The third kappa shape index (κ3) is 3.90. The predicted molar refractivity (Wildman–Crippen MR) is 81.1 cm³/mol. The first-order valence-corrected chi connectivity index (χ1v) is 6.61. The van der Waals surface area contributed by atoms with Gasteiger partial charge in [-0.2, -0.15) is 0 Å². The predicted octanol–water partition coefficient (Wildman–Crippen LogP) is 3.96. The minimum Gasteiger partial charge on any atom is -0.462 e. The molecule has 2 aromatic carbocycles. The highest BCUT2D eigenvalue weighted by molar-refractivity contribution is 6.30. The van der Waals surface area contributed by atoms with E-state index in [0.29, 0.717) is 17.2 Å². The number of benzene rings is 2. The fraction of sp³-hybridized carbons (Fsp3) is 0.133. The number of hydrazine groups is 1. The molecule has 0 aliphatic carbocycles. The van der Waals surface area contributed by atoms with E-state index < -0.39 is 0 Å². The van der Waals surface area contributed by atoms with Gasteiger partial charge in [0.15, 0.2) is 0 Å². The van der Waals surface area contributed by atoms with Gasteiger partial charge >= 0.3 is 5.97 Å². The molecule has 0 aliphatic rings. The third-order valence-electron chi connectivity index (χ3n) is 2.57. The van der Waals surface area contributed by atoms with Gasteiger partial charge in [-0.3, -0.25) is 0 Å². The molecule has 4 nitrogen and oxygen atoms in total. The van der Waals surface area contributed by atoms with Crippen molar-refractivity contribution < 1.29 is 9.53 Å². The number of anilines is 2. The molecule has 0 radical (unpaired) electrons. The van der Waals surface area contributed by atoms with Gasteiger partial charge in [0, 0.05) is 5.02 Å². The summed E-state index contributed by atoms with van der Waals surface area (Å²) in [5.74, 6) is -0.331. The lowest BCUT2D eigenvalue weighted by Crippen LogP contribution is -2.10. The fourth-order valence-electron chi connectivity index (χ4n) is 1.62. The van der Waals surface area contributed by atoms with E-state index in [-0.39, 0.29) is 5.97 Å². The lowest BCUT2D eigenvalue weighted by atomic mass is 10.2. The van der Waals surface area contributed by atoms with Crippen LogP contribution in [0.25, 0.3) is 0 Å². The van der Waals surface area contributed by atoms with Crippen LogP contribution in [-0.2, 0) is 4.74 Å². The summed E-state index contributed by atoms with van der Waals surface area (Å²) in [5, 5.41) is 0.680. The number of carbonyl (C=O) groups excluding carboxylic acids is 1. The number of nitrogens with one attached hydrogen (secondary N) is 2. The van der Waals surface area contributed by atoms with E-state index in [9.17, 15) is 4.79 Å². The van der Waals surface area contributed by atoms with E-state index in [1.165, 1.54) is 0 Å². The Hall–Kier alpha value is -2.20. The van der Waals surface area contributed by atoms with E-state index in [1.54, 1.807) is 37.3 Å². The Balaban J connectivity index is 2.01. The minimum atomic E-state index is -0.331. The van der Waals surface area contributed by atoms with Gasteiger partial charge in [-0.1, -0.05) is 17.7 Å². The molecule has 0 heterocycles. The van der Waals surface area contributed by atoms with E-state index in [4.69, 9.17) is 16.3 Å². The standard InChI is InChI=1S/C15H15ClN2O2/c1-2-20-15(19)11-4-3-5-14(10-11)18-17-13-8-6-12(16)7-9-13/h3-10,17-18H,2H2,1H3. The number of rotatable bonds is 5. The summed E-state index contributed by atoms with van der Waals surface area (Å²) < 4.78 is 4.96. The maximum atomic E-state index is 11.6. The second-order valence-electron chi connectivity index (χ2n) is 4.06. The fourth-order valence-corrected chi connectivity index (χ4v) is 1.74. The Labute approximate surface area is 122 Å². The molecular formula is C15H15ClN2O2. The number of halogens is 1. The average Bonchev–Trinajstić information content (AvgIpc) is 2.47. The van der Waals surface area contributed by atoms with Crippen LogP contribution in [0, 0.1) is 0 Å². The number of carbonyl (C=O) groups is 1. The highest BCUT2D eigenvalue weighted by atomic mass is 35.5. The van der Waals surface area contributed by atoms with Gasteiger partial charge in [0.2, 0.25) is 0 Å². The van der Waals surface area contributed by atoms with Crippen LogP contribution < -0.4 is 10.9 Å². The minimum absolute atomic E-state index is 0.331. The van der Waals surface area contributed by atoms with Crippen molar-refractivity contribution in [2.45, 2.75) is 6.92 Å². The number of esters is 1. The van der Waals surface area contributed by atoms with Gasteiger partial charge in [-0.25, -0.2) is 4.79 Å². The van der Waals surface area contributed by atoms with Gasteiger partial charge in [0.05, 0.1) is 23.5 Å². The molecule has 0 bridgehead atoms. The van der Waals surface area contributed by atoms with Crippen LogP contribution in [-0.4, -0.2) is 12.6 Å². The molecule has 0 amide bonds. The Morgan fingerprint density at radius 1 is 1.10 bits per heavy atom. The zero-order valence-corrected chi connectivity index (χ0v) is 11.8. The van der Waals surface area contributed by atoms with Crippen LogP contribution in [0.15, 0.2) is 48.5 Å². The Morgan fingerprint density at radius 2 is 1.80 bits per heavy atom. The topological polar surface area (TPSA) is 50.4 Å². The normalized spacial score (nSPS) is 9.90. The molecular weight excluding hydrogens is 276 g/mol. The monoisotopic (exact) mass is 290 g/mol. The molecule has 0 spiro atoms. The SMILES string of the molecule is CCOC(=O)c1cccc(NNc2ccc(Cl)cc2)c1. The zero-order valence-electron chi connectivity index (χ0n) is 11.0. The summed E-state index contributed by atoms with van der Waals surface area (Å²) in [6, 6.07) is 14.4. The van der Waals surface area contributed by atoms with Gasteiger partial charge in [0.25, 0.3) is 0 Å². The van der Waals surface area contributed by atoms with E-state index in [2.05, 4.69) is 10.9 Å². The molecule has 0 atom stereocenters. The number of hydrogen-bond donors (Lipinski definition) is 2. The Kier molecular flexibility index (Phi) is 4.85. The molecule has 0 saturated carbocycles. The highest BCUT2D eigenvalue weighted by Gasteiger charge is 2.06. The van der Waals surface area contributed by atoms with Crippen molar-refractivity contribution in [3.05, 3.63) is 59.1 Å². The molecule has 20 heavy (non-hydrogen) atoms. The van der Waals surface area contributed by atoms with Crippen molar-refractivity contribution in [1.29, 1.82) is 0 Å². The van der Waals surface area contributed by atoms with E-state index in [1.807, 2.05) is 18.2 Å². The van der Waals surface area contributed by atoms with Crippen molar-refractivity contribution in [3.8, 4) is 0 Å². The average molecular weight is 291 g/mol. The molecule has 0 fully saturated rings. The molecule has 0 unspecified atom stereocenters. The maximum absolute atomic E-state index is 11.6. The van der Waals surface area contributed by atoms with Crippen molar-refractivity contribution in [2.24, 2.45) is 0 Å². The van der Waals surface area contributed by atoms with Gasteiger partial charge in [-0.05, 0) is 49.4 Å². The van der Waals surface area contributed by atoms with Crippen LogP contribution >= 0.6 is 11.6 Å². The number of ether oxygens (including phenoxy) is 1. The van der Waals surface area contributed by atoms with Crippen LogP contribution in [0.5, 0.6) is 0 Å². The van der Waals surface area contributed by atoms with Crippen LogP contribution in [0.2, 0.25) is 5.02 Å². The lowest BCUT2D eigenvalue weighted by Gasteiger charge is -2.10. The largest absolute Gasteiger partial charge is 0.462 e. The van der Waals surface area contributed by atoms with E-state index >= 15 is 0 Å². The summed E-state index contributed by atoms with van der Waals surface area (Å²) >= 11 is 5.81. The molecule has 2 rings (SSSR count).